The Morgan fingerprint density at radius 3 is 2.23 bits per heavy atom. The van der Waals surface area contributed by atoms with Gasteiger partial charge in [0.2, 0.25) is 0 Å². The Hall–Kier alpha value is -2.90. The lowest BCUT2D eigenvalue weighted by Gasteiger charge is -2.70. The number of aromatic carboxylic acids is 1. The van der Waals surface area contributed by atoms with Gasteiger partial charge in [0.05, 0.1) is 0 Å². The molecule has 1 N–H and O–H groups in total. The molecule has 44 heavy (non-hydrogen) atoms. The van der Waals surface area contributed by atoms with E-state index in [1.165, 1.54) is 18.0 Å². The summed E-state index contributed by atoms with van der Waals surface area (Å²) in [5, 5.41) is 9.53. The molecule has 0 radical (unpaired) electrons. The SMILES string of the molecule is CC1(C)C2CC[C@]3(C)C(C(=O)C=C4[C@@H]5C[C@@](C)(C=O)CC[C@]5(C)CCC43C)[C@@]2(C)CC[C@@H]1OC(=O)c1nccnc1C(=O)O. The maximum absolute atomic E-state index is 14.6. The number of esters is 1. The number of carbonyl (C=O) groups is 4. The predicted octanol–water partition coefficient (Wildman–Crippen LogP) is 6.88. The van der Waals surface area contributed by atoms with Crippen molar-refractivity contribution in [3.63, 3.8) is 0 Å². The van der Waals surface area contributed by atoms with Crippen molar-refractivity contribution in [3.05, 3.63) is 35.4 Å². The summed E-state index contributed by atoms with van der Waals surface area (Å²) < 4.78 is 6.04. The highest BCUT2D eigenvalue weighted by atomic mass is 16.5. The van der Waals surface area contributed by atoms with Gasteiger partial charge in [-0.05, 0) is 97.4 Å². The molecule has 0 spiro atoms. The molecule has 4 fully saturated rings. The third kappa shape index (κ3) is 4.14. The zero-order valence-electron chi connectivity index (χ0n) is 27.4. The minimum atomic E-state index is -1.32. The summed E-state index contributed by atoms with van der Waals surface area (Å²) in [4.78, 5) is 59.5. The van der Waals surface area contributed by atoms with Gasteiger partial charge >= 0.3 is 11.9 Å². The number of hydrogen-bond acceptors (Lipinski definition) is 7. The molecule has 9 atom stereocenters. The fraction of sp³-hybridized carbons (Fsp3) is 0.722. The lowest BCUT2D eigenvalue weighted by atomic mass is 9.33. The number of allylic oxidation sites excluding steroid dienone is 2. The van der Waals surface area contributed by atoms with Crippen LogP contribution in [-0.2, 0) is 14.3 Å². The molecular formula is C36H48N2O6. The number of hydrogen-bond donors (Lipinski definition) is 1. The van der Waals surface area contributed by atoms with Crippen molar-refractivity contribution < 1.29 is 29.0 Å². The number of ether oxygens (including phenoxy) is 1. The molecule has 6 rings (SSSR count). The summed E-state index contributed by atoms with van der Waals surface area (Å²) in [6.07, 6.45) is 13.3. The van der Waals surface area contributed by atoms with Crippen LogP contribution in [0.25, 0.3) is 0 Å². The largest absolute Gasteiger partial charge is 0.476 e. The topological polar surface area (TPSA) is 124 Å². The second kappa shape index (κ2) is 9.80. The molecule has 5 aliphatic carbocycles. The fourth-order valence-electron chi connectivity index (χ4n) is 11.3. The van der Waals surface area contributed by atoms with Crippen LogP contribution in [0.4, 0.5) is 0 Å². The monoisotopic (exact) mass is 604 g/mol. The van der Waals surface area contributed by atoms with Crippen LogP contribution in [0.15, 0.2) is 24.0 Å². The normalized spacial score (nSPS) is 44.2. The van der Waals surface area contributed by atoms with Crippen molar-refractivity contribution in [1.82, 2.24) is 9.97 Å². The summed E-state index contributed by atoms with van der Waals surface area (Å²) in [5.41, 5.74) is -0.704. The zero-order valence-corrected chi connectivity index (χ0v) is 27.4. The molecule has 3 unspecified atom stereocenters. The Kier molecular flexibility index (Phi) is 6.93. The zero-order chi connectivity index (χ0) is 32.1. The van der Waals surface area contributed by atoms with E-state index in [1.807, 2.05) is 6.08 Å². The van der Waals surface area contributed by atoms with Crippen molar-refractivity contribution in [2.45, 2.75) is 112 Å². The highest BCUT2D eigenvalue weighted by Gasteiger charge is 2.70. The van der Waals surface area contributed by atoms with Crippen molar-refractivity contribution in [2.24, 2.45) is 50.2 Å². The Morgan fingerprint density at radius 2 is 1.57 bits per heavy atom. The van der Waals surface area contributed by atoms with E-state index >= 15 is 0 Å². The molecule has 8 nitrogen and oxygen atoms in total. The van der Waals surface area contributed by atoms with Gasteiger partial charge < -0.3 is 14.6 Å². The van der Waals surface area contributed by atoms with E-state index in [2.05, 4.69) is 58.4 Å². The summed E-state index contributed by atoms with van der Waals surface area (Å²) in [6.45, 7) is 15.8. The van der Waals surface area contributed by atoms with Crippen LogP contribution < -0.4 is 0 Å². The standard InChI is InChI=1S/C36H48N2O6/c1-31(2)24-8-11-36(7)28(34(24,5)10-9-25(31)44-30(43)27-26(29(41)42)37-16-17-38-27)23(40)18-21-22-19-32(3,20-39)12-13-33(22,4)14-15-35(21,36)6/h16-18,20,22,24-25,28H,8-15,19H2,1-7H3,(H,41,42)/t22-,24?,25-,28?,32-,33+,34-,35?,36+/m0/s1. The lowest BCUT2D eigenvalue weighted by Crippen LogP contribution is -2.66. The van der Waals surface area contributed by atoms with E-state index in [0.29, 0.717) is 6.42 Å². The van der Waals surface area contributed by atoms with Crippen molar-refractivity contribution in [1.29, 1.82) is 0 Å². The van der Waals surface area contributed by atoms with Gasteiger partial charge in [0, 0.05) is 29.1 Å². The number of nitrogens with zero attached hydrogens (tertiary/aromatic N) is 2. The molecule has 1 aromatic heterocycles. The molecular weight excluding hydrogens is 556 g/mol. The van der Waals surface area contributed by atoms with Crippen molar-refractivity contribution in [3.8, 4) is 0 Å². The van der Waals surface area contributed by atoms with E-state index < -0.39 is 29.2 Å². The molecule has 4 saturated carbocycles. The van der Waals surface area contributed by atoms with Gasteiger partial charge in [-0.2, -0.15) is 0 Å². The minimum absolute atomic E-state index is 0.117. The number of rotatable bonds is 4. The molecule has 0 aromatic carbocycles. The van der Waals surface area contributed by atoms with Crippen LogP contribution in [0.5, 0.6) is 0 Å². The molecule has 0 amide bonds. The molecule has 238 valence electrons. The number of ketones is 1. The Labute approximate surface area is 260 Å². The Morgan fingerprint density at radius 1 is 0.909 bits per heavy atom. The summed E-state index contributed by atoms with van der Waals surface area (Å²) >= 11 is 0. The number of carboxylic acids is 1. The molecule has 8 heteroatoms. The highest BCUT2D eigenvalue weighted by molar-refractivity contribution is 5.99. The number of carboxylic acid groups (broad SMARTS) is 1. The van der Waals surface area contributed by atoms with Gasteiger partial charge in [-0.15, -0.1) is 0 Å². The molecule has 0 aliphatic heterocycles. The molecule has 5 aliphatic rings. The number of fused-ring (bicyclic) bond motifs is 7. The third-order valence-corrected chi connectivity index (χ3v) is 14.2. The molecule has 1 heterocycles. The van der Waals surface area contributed by atoms with Crippen LogP contribution in [-0.4, -0.2) is 45.2 Å². The average molecular weight is 605 g/mol. The van der Waals surface area contributed by atoms with Gasteiger partial charge in [-0.1, -0.05) is 54.0 Å². The van der Waals surface area contributed by atoms with E-state index in [0.717, 1.165) is 57.7 Å². The van der Waals surface area contributed by atoms with Gasteiger partial charge in [-0.25, -0.2) is 19.6 Å². The van der Waals surface area contributed by atoms with Crippen LogP contribution in [0, 0.1) is 50.2 Å². The van der Waals surface area contributed by atoms with E-state index in [9.17, 15) is 24.3 Å². The van der Waals surface area contributed by atoms with Gasteiger partial charge in [0.1, 0.15) is 12.4 Å². The summed E-state index contributed by atoms with van der Waals surface area (Å²) in [6, 6.07) is 0. The first kappa shape index (κ1) is 31.1. The number of carbonyl (C=O) groups excluding carboxylic acids is 3. The Bertz CT molecular complexity index is 1470. The third-order valence-electron chi connectivity index (χ3n) is 14.2. The smallest absolute Gasteiger partial charge is 0.359 e. The van der Waals surface area contributed by atoms with E-state index in [4.69, 9.17) is 4.74 Å². The number of aldehydes is 1. The van der Waals surface area contributed by atoms with Crippen LogP contribution in [0.2, 0.25) is 0 Å². The van der Waals surface area contributed by atoms with Crippen LogP contribution >= 0.6 is 0 Å². The molecule has 1 aromatic rings. The first-order chi connectivity index (χ1) is 20.5. The quantitative estimate of drug-likeness (QED) is 0.291. The lowest BCUT2D eigenvalue weighted by molar-refractivity contribution is -0.202. The second-order valence-corrected chi connectivity index (χ2v) is 16.8. The average Bonchev–Trinajstić information content (AvgIpc) is 2.96. The van der Waals surface area contributed by atoms with Crippen LogP contribution in [0.3, 0.4) is 0 Å². The van der Waals surface area contributed by atoms with Gasteiger partial charge in [-0.3, -0.25) is 4.79 Å². The summed E-state index contributed by atoms with van der Waals surface area (Å²) in [5.74, 6) is -1.65. The van der Waals surface area contributed by atoms with Crippen molar-refractivity contribution >= 4 is 24.0 Å². The van der Waals surface area contributed by atoms with E-state index in [1.54, 1.807) is 0 Å². The first-order valence-electron chi connectivity index (χ1n) is 16.4. The second-order valence-electron chi connectivity index (χ2n) is 16.8. The van der Waals surface area contributed by atoms with Gasteiger partial charge in [0.15, 0.2) is 17.2 Å². The molecule has 0 bridgehead atoms. The molecule has 0 saturated heterocycles. The van der Waals surface area contributed by atoms with Crippen LogP contribution in [0.1, 0.15) is 127 Å². The first-order valence-corrected chi connectivity index (χ1v) is 16.4. The number of aromatic nitrogens is 2. The minimum Gasteiger partial charge on any atom is -0.476 e. The van der Waals surface area contributed by atoms with E-state index in [-0.39, 0.29) is 56.3 Å². The summed E-state index contributed by atoms with van der Waals surface area (Å²) in [7, 11) is 0. The predicted molar refractivity (Wildman–Crippen MR) is 164 cm³/mol. The fourth-order valence-corrected chi connectivity index (χ4v) is 11.3. The Balaban J connectivity index is 1.33. The maximum atomic E-state index is 14.6. The van der Waals surface area contributed by atoms with Gasteiger partial charge in [0.25, 0.3) is 0 Å². The highest BCUT2D eigenvalue weighted by Crippen LogP contribution is 2.75. The van der Waals surface area contributed by atoms with Crippen molar-refractivity contribution in [2.75, 3.05) is 0 Å². The maximum Gasteiger partial charge on any atom is 0.359 e.